The lowest BCUT2D eigenvalue weighted by molar-refractivity contribution is -0.135. The molecule has 0 saturated carbocycles. The highest BCUT2D eigenvalue weighted by atomic mass is 16.4. The van der Waals surface area contributed by atoms with Gasteiger partial charge in [-0.3, -0.25) is 4.79 Å². The number of unbranched alkanes of at least 4 members (excludes halogenated alkanes) is 1. The van der Waals surface area contributed by atoms with E-state index in [9.17, 15) is 9.59 Å². The lowest BCUT2D eigenvalue weighted by Crippen LogP contribution is -2.28. The molecule has 0 aromatic heterocycles. The zero-order valence-electron chi connectivity index (χ0n) is 7.98. The summed E-state index contributed by atoms with van der Waals surface area (Å²) in [5, 5.41) is 8.27. The number of aliphatic carboxylic acids is 1. The third kappa shape index (κ3) is 7.66. The topological polar surface area (TPSA) is 107 Å². The van der Waals surface area contributed by atoms with Crippen LogP contribution in [0.25, 0.3) is 5.43 Å². The highest BCUT2D eigenvalue weighted by molar-refractivity contribution is 5.71. The number of carbonyl (C=O) groups excluding carboxylic acids is 1. The summed E-state index contributed by atoms with van der Waals surface area (Å²) in [4.78, 5) is 20.6. The van der Waals surface area contributed by atoms with Gasteiger partial charge in [-0.05, 0) is 25.9 Å². The minimum atomic E-state index is -1.02. The summed E-state index contributed by atoms with van der Waals surface area (Å²) in [6.45, 7) is 0.263. The van der Waals surface area contributed by atoms with Crippen molar-refractivity contribution < 1.29 is 14.7 Å². The van der Waals surface area contributed by atoms with Gasteiger partial charge >= 0.3 is 0 Å². The van der Waals surface area contributed by atoms with Gasteiger partial charge in [-0.1, -0.05) is 6.42 Å². The maximum atomic E-state index is 10.5. The maximum absolute atomic E-state index is 10.5. The molecule has 6 nitrogen and oxygen atoms in total. The molecule has 14 heavy (non-hydrogen) atoms. The van der Waals surface area contributed by atoms with Gasteiger partial charge in [-0.15, -0.1) is 0 Å². The van der Waals surface area contributed by atoms with Crippen molar-refractivity contribution >= 4 is 12.3 Å². The van der Waals surface area contributed by atoms with E-state index in [1.807, 2.05) is 0 Å². The highest BCUT2D eigenvalue weighted by Crippen LogP contribution is 1.99. The molecule has 0 saturated heterocycles. The second-order valence-corrected chi connectivity index (χ2v) is 2.87. The molecule has 0 unspecified atom stereocenters. The number of nitrogens with two attached hydrogens (primary N) is 1. The van der Waals surface area contributed by atoms with Crippen molar-refractivity contribution in [2.24, 2.45) is 5.73 Å². The maximum Gasteiger partial charge on any atom is 0.283 e. The van der Waals surface area contributed by atoms with Crippen LogP contribution in [0, 0.1) is 0 Å². The Morgan fingerprint density at radius 1 is 1.57 bits per heavy atom. The van der Waals surface area contributed by atoms with E-state index >= 15 is 0 Å². The largest absolute Gasteiger partial charge is 0.588 e. The molecule has 0 rings (SSSR count). The predicted octanol–water partition coefficient (Wildman–Crippen LogP) is -0.354. The molecule has 0 bridgehead atoms. The molecule has 0 aromatic carbocycles. The number of aldehydes is 1. The lowest BCUT2D eigenvalue weighted by Gasteiger charge is -2.24. The van der Waals surface area contributed by atoms with Crippen molar-refractivity contribution in [3.63, 3.8) is 0 Å². The fourth-order valence-electron chi connectivity index (χ4n) is 0.902. The van der Waals surface area contributed by atoms with E-state index in [1.165, 1.54) is 0 Å². The molecule has 0 heterocycles. The quantitative estimate of drug-likeness (QED) is 0.269. The molecule has 0 aliphatic heterocycles. The van der Waals surface area contributed by atoms with Crippen LogP contribution in [0.5, 0.6) is 0 Å². The molecular weight excluding hydrogens is 186 g/mol. The van der Waals surface area contributed by atoms with Gasteiger partial charge in [0.1, 0.15) is 6.29 Å². The minimum Gasteiger partial charge on any atom is -0.588 e. The predicted molar refractivity (Wildman–Crippen MR) is 51.8 cm³/mol. The number of carboxylic acid groups (broad SMARTS) is 1. The van der Waals surface area contributed by atoms with E-state index in [0.29, 0.717) is 13.0 Å². The number of carboxylic acids is 1. The van der Waals surface area contributed by atoms with Gasteiger partial charge in [0.25, 0.3) is 5.97 Å². The van der Waals surface area contributed by atoms with Crippen LogP contribution in [0.4, 0.5) is 0 Å². The molecular formula is C8H16N3O3-. The van der Waals surface area contributed by atoms with Crippen LogP contribution < -0.4 is 11.2 Å². The molecule has 0 fully saturated rings. The fraction of sp³-hybridized carbons (Fsp3) is 0.750. The lowest BCUT2D eigenvalue weighted by atomic mass is 10.1. The molecule has 0 aliphatic carbocycles. The van der Waals surface area contributed by atoms with E-state index in [4.69, 9.17) is 10.8 Å². The van der Waals surface area contributed by atoms with E-state index in [0.717, 1.165) is 19.1 Å². The SMILES string of the molecule is NCCCC[C@H](C=O)N[N-]CC(=O)O. The smallest absolute Gasteiger partial charge is 0.283 e. The highest BCUT2D eigenvalue weighted by Gasteiger charge is 2.00. The number of carbonyl (C=O) groups is 2. The zero-order valence-corrected chi connectivity index (χ0v) is 7.98. The van der Waals surface area contributed by atoms with E-state index < -0.39 is 12.0 Å². The van der Waals surface area contributed by atoms with Crippen molar-refractivity contribution in [1.29, 1.82) is 0 Å². The molecule has 1 atom stereocenters. The standard InChI is InChI=1S/C8H16N3O3/c9-4-2-1-3-7(6-12)11-10-5-8(13)14/h6-7,11H,1-5,9H2,(H,13,14)/q-1/t7-/m1/s1. The fourth-order valence-corrected chi connectivity index (χ4v) is 0.902. The van der Waals surface area contributed by atoms with Gasteiger partial charge in [0.05, 0.1) is 0 Å². The summed E-state index contributed by atoms with van der Waals surface area (Å²) < 4.78 is 0. The third-order valence-electron chi connectivity index (χ3n) is 1.60. The van der Waals surface area contributed by atoms with Crippen molar-refractivity contribution in [3.8, 4) is 0 Å². The first kappa shape index (κ1) is 13.0. The number of nitrogens with zero attached hydrogens (tertiary/aromatic N) is 1. The van der Waals surface area contributed by atoms with Gasteiger partial charge in [-0.2, -0.15) is 0 Å². The van der Waals surface area contributed by atoms with Crippen molar-refractivity contribution in [1.82, 2.24) is 5.43 Å². The van der Waals surface area contributed by atoms with E-state index in [-0.39, 0.29) is 6.54 Å². The molecule has 0 amide bonds. The number of hydrogen-bond acceptors (Lipinski definition) is 4. The Hall–Kier alpha value is -0.980. The zero-order chi connectivity index (χ0) is 10.8. The molecule has 82 valence electrons. The van der Waals surface area contributed by atoms with E-state index in [1.54, 1.807) is 0 Å². The summed E-state index contributed by atoms with van der Waals surface area (Å²) >= 11 is 0. The Morgan fingerprint density at radius 3 is 2.79 bits per heavy atom. The first-order valence-corrected chi connectivity index (χ1v) is 4.50. The van der Waals surface area contributed by atoms with Crippen molar-refractivity contribution in [2.45, 2.75) is 25.3 Å². The Morgan fingerprint density at radius 2 is 2.29 bits per heavy atom. The normalized spacial score (nSPS) is 12.4. The van der Waals surface area contributed by atoms with Crippen LogP contribution in [0.15, 0.2) is 0 Å². The molecule has 0 aromatic rings. The summed E-state index contributed by atoms with van der Waals surface area (Å²) in [6, 6.07) is -0.402. The summed E-state index contributed by atoms with van der Waals surface area (Å²) in [7, 11) is 0. The molecule has 4 N–H and O–H groups in total. The third-order valence-corrected chi connectivity index (χ3v) is 1.60. The summed E-state index contributed by atoms with van der Waals surface area (Å²) in [5.74, 6) is -1.02. The van der Waals surface area contributed by atoms with Gasteiger partial charge < -0.3 is 26.5 Å². The molecule has 0 radical (unpaired) electrons. The van der Waals surface area contributed by atoms with Gasteiger partial charge in [-0.25, -0.2) is 0 Å². The van der Waals surface area contributed by atoms with Gasteiger partial charge in [0.15, 0.2) is 0 Å². The summed E-state index contributed by atoms with van der Waals surface area (Å²) in [6.07, 6.45) is 3.03. The van der Waals surface area contributed by atoms with Crippen LogP contribution in [-0.4, -0.2) is 36.5 Å². The molecule has 0 aliphatic rings. The van der Waals surface area contributed by atoms with E-state index in [2.05, 4.69) is 10.9 Å². The molecule has 6 heteroatoms. The van der Waals surface area contributed by atoms with Crippen LogP contribution in [0.1, 0.15) is 19.3 Å². The number of rotatable bonds is 9. The Bertz CT molecular complexity index is 175. The first-order chi connectivity index (χ1) is 6.70. The van der Waals surface area contributed by atoms with Crippen LogP contribution in [-0.2, 0) is 9.59 Å². The second kappa shape index (κ2) is 8.61. The van der Waals surface area contributed by atoms with Gasteiger partial charge in [0.2, 0.25) is 0 Å². The van der Waals surface area contributed by atoms with Crippen molar-refractivity contribution in [3.05, 3.63) is 5.43 Å². The van der Waals surface area contributed by atoms with Gasteiger partial charge in [0, 0.05) is 6.04 Å². The second-order valence-electron chi connectivity index (χ2n) is 2.87. The monoisotopic (exact) mass is 202 g/mol. The summed E-state index contributed by atoms with van der Waals surface area (Å²) in [5.41, 5.74) is 11.3. The minimum absolute atomic E-state index is 0.332. The first-order valence-electron chi connectivity index (χ1n) is 4.50. The number of hydrogen-bond donors (Lipinski definition) is 3. The van der Waals surface area contributed by atoms with Crippen LogP contribution in [0.2, 0.25) is 0 Å². The Balaban J connectivity index is 3.47. The van der Waals surface area contributed by atoms with Crippen molar-refractivity contribution in [2.75, 3.05) is 13.1 Å². The average molecular weight is 202 g/mol. The van der Waals surface area contributed by atoms with Crippen LogP contribution >= 0.6 is 0 Å². The van der Waals surface area contributed by atoms with Crippen LogP contribution in [0.3, 0.4) is 0 Å². The Kier molecular flexibility index (Phi) is 8.01. The number of nitrogens with one attached hydrogen (secondary N) is 1. The Labute approximate surface area is 82.8 Å². The molecule has 0 spiro atoms. The average Bonchev–Trinajstić information content (AvgIpc) is 2.15.